The van der Waals surface area contributed by atoms with E-state index < -0.39 is 30.5 Å². The van der Waals surface area contributed by atoms with Gasteiger partial charge in [0, 0.05) is 24.2 Å². The van der Waals surface area contributed by atoms with Crippen molar-refractivity contribution in [3.8, 4) is 5.75 Å². The Bertz CT molecular complexity index is 1170. The zero-order valence-corrected chi connectivity index (χ0v) is 23.1. The number of nitrogens with zero attached hydrogens (tertiary/aromatic N) is 2. The molecule has 0 spiro atoms. The summed E-state index contributed by atoms with van der Waals surface area (Å²) in [5.74, 6) is 0.0312. The van der Waals surface area contributed by atoms with E-state index in [9.17, 15) is 31.5 Å². The Hall–Kier alpha value is -3.45. The van der Waals surface area contributed by atoms with Crippen molar-refractivity contribution in [1.82, 2.24) is 10.2 Å². The van der Waals surface area contributed by atoms with E-state index in [4.69, 9.17) is 9.47 Å². The van der Waals surface area contributed by atoms with Crippen LogP contribution in [0, 0.1) is 5.92 Å². The van der Waals surface area contributed by atoms with E-state index in [1.165, 1.54) is 19.2 Å². The van der Waals surface area contributed by atoms with Crippen LogP contribution in [0.5, 0.6) is 5.75 Å². The molecule has 8 nitrogen and oxygen atoms in total. The number of rotatable bonds is 11. The molecule has 2 aromatic rings. The Morgan fingerprint density at radius 2 is 1.69 bits per heavy atom. The second-order valence-corrected chi connectivity index (χ2v) is 10.5. The van der Waals surface area contributed by atoms with Gasteiger partial charge in [0.25, 0.3) is 5.91 Å². The lowest BCUT2D eigenvalue weighted by molar-refractivity contribution is -0.142. The molecule has 1 N–H and O–H groups in total. The van der Waals surface area contributed by atoms with E-state index in [-0.39, 0.29) is 30.8 Å². The summed E-state index contributed by atoms with van der Waals surface area (Å²) in [5, 5.41) is 2.96. The van der Waals surface area contributed by atoms with Gasteiger partial charge in [0.05, 0.1) is 38.4 Å². The second kappa shape index (κ2) is 14.1. The molecule has 2 atom stereocenters. The SMILES string of the molecule is COC(=O)CN1CCC(CNC(=O)c2ccc(N3C[C@@H](Oc4ccc(C(F)(F)F)cc4)C[C@H]3COC(F)F)cc2)CC1. The van der Waals surface area contributed by atoms with Crippen molar-refractivity contribution in [2.75, 3.05) is 51.3 Å². The fourth-order valence-corrected chi connectivity index (χ4v) is 5.27. The summed E-state index contributed by atoms with van der Waals surface area (Å²) >= 11 is 0. The lowest BCUT2D eigenvalue weighted by atomic mass is 9.96. The van der Waals surface area contributed by atoms with Crippen molar-refractivity contribution in [2.45, 2.75) is 44.2 Å². The molecular formula is C29H34F5N3O5. The zero-order chi connectivity index (χ0) is 30.3. The Balaban J connectivity index is 1.32. The summed E-state index contributed by atoms with van der Waals surface area (Å²) in [7, 11) is 1.36. The predicted molar refractivity (Wildman–Crippen MR) is 144 cm³/mol. The van der Waals surface area contributed by atoms with Gasteiger partial charge in [-0.15, -0.1) is 0 Å². The van der Waals surface area contributed by atoms with Crippen molar-refractivity contribution >= 4 is 17.6 Å². The van der Waals surface area contributed by atoms with Crippen LogP contribution in [0.3, 0.4) is 0 Å². The van der Waals surface area contributed by atoms with E-state index in [2.05, 4.69) is 10.1 Å². The molecule has 2 aromatic carbocycles. The number of nitrogens with one attached hydrogen (secondary N) is 1. The van der Waals surface area contributed by atoms with Gasteiger partial charge in [0.2, 0.25) is 0 Å². The number of carbonyl (C=O) groups is 2. The van der Waals surface area contributed by atoms with Gasteiger partial charge < -0.3 is 24.4 Å². The van der Waals surface area contributed by atoms with E-state index in [1.54, 1.807) is 24.3 Å². The minimum atomic E-state index is -4.46. The maximum Gasteiger partial charge on any atom is 0.416 e. The fraction of sp³-hybridized carbons (Fsp3) is 0.517. The standard InChI is InChI=1S/C29H34F5N3O5/c1-40-26(38)17-36-12-10-19(11-13-36)15-35-27(39)20-2-6-22(7-3-20)37-16-25(14-23(37)18-41-28(30)31)42-24-8-4-21(5-9-24)29(32,33)34/h2-9,19,23,25,28H,10-18H2,1H3,(H,35,39)/t23-,25-/m0/s1. The van der Waals surface area contributed by atoms with E-state index in [0.717, 1.165) is 38.1 Å². The van der Waals surface area contributed by atoms with Crippen LogP contribution < -0.4 is 15.0 Å². The van der Waals surface area contributed by atoms with Gasteiger partial charge in [-0.2, -0.15) is 22.0 Å². The van der Waals surface area contributed by atoms with Gasteiger partial charge in [0.15, 0.2) is 0 Å². The zero-order valence-electron chi connectivity index (χ0n) is 23.1. The minimum absolute atomic E-state index is 0.235. The number of likely N-dealkylation sites (tertiary alicyclic amines) is 1. The molecule has 2 heterocycles. The van der Waals surface area contributed by atoms with Crippen LogP contribution in [0.1, 0.15) is 35.2 Å². The van der Waals surface area contributed by atoms with Gasteiger partial charge in [-0.1, -0.05) is 0 Å². The predicted octanol–water partition coefficient (Wildman–Crippen LogP) is 4.59. The van der Waals surface area contributed by atoms with Crippen LogP contribution in [0.15, 0.2) is 48.5 Å². The summed E-state index contributed by atoms with van der Waals surface area (Å²) in [6.07, 6.45) is -2.93. The van der Waals surface area contributed by atoms with Crippen molar-refractivity contribution in [1.29, 1.82) is 0 Å². The van der Waals surface area contributed by atoms with Gasteiger partial charge in [-0.05, 0) is 80.4 Å². The molecule has 0 bridgehead atoms. The topological polar surface area (TPSA) is 80.3 Å². The number of piperidine rings is 1. The number of benzene rings is 2. The second-order valence-electron chi connectivity index (χ2n) is 10.5. The molecule has 1 amide bonds. The number of hydrogen-bond acceptors (Lipinski definition) is 7. The molecule has 2 saturated heterocycles. The normalized spacial score (nSPS) is 20.1. The molecule has 42 heavy (non-hydrogen) atoms. The lowest BCUT2D eigenvalue weighted by Crippen LogP contribution is -2.41. The van der Waals surface area contributed by atoms with Crippen LogP contribution in [-0.2, 0) is 20.4 Å². The highest BCUT2D eigenvalue weighted by atomic mass is 19.4. The number of halogens is 5. The highest BCUT2D eigenvalue weighted by molar-refractivity contribution is 5.94. The summed E-state index contributed by atoms with van der Waals surface area (Å²) in [5.41, 5.74) is 0.321. The van der Waals surface area contributed by atoms with Crippen molar-refractivity contribution < 1.29 is 45.8 Å². The largest absolute Gasteiger partial charge is 0.489 e. The van der Waals surface area contributed by atoms with Crippen LogP contribution in [0.25, 0.3) is 0 Å². The molecule has 230 valence electrons. The average molecular weight is 600 g/mol. The number of ether oxygens (including phenoxy) is 3. The first-order valence-corrected chi connectivity index (χ1v) is 13.7. The molecular weight excluding hydrogens is 565 g/mol. The Kier molecular flexibility index (Phi) is 10.6. The van der Waals surface area contributed by atoms with Crippen molar-refractivity contribution in [3.05, 3.63) is 59.7 Å². The minimum Gasteiger partial charge on any atom is -0.489 e. The maximum atomic E-state index is 12.9. The van der Waals surface area contributed by atoms with Gasteiger partial charge in [0.1, 0.15) is 11.9 Å². The number of methoxy groups -OCH3 is 1. The summed E-state index contributed by atoms with van der Waals surface area (Å²) in [4.78, 5) is 28.1. The van der Waals surface area contributed by atoms with Gasteiger partial charge >= 0.3 is 18.8 Å². The number of carbonyl (C=O) groups excluding carboxylic acids is 2. The number of amides is 1. The summed E-state index contributed by atoms with van der Waals surface area (Å²) in [6.45, 7) is -0.664. The first-order valence-electron chi connectivity index (χ1n) is 13.7. The van der Waals surface area contributed by atoms with Crippen LogP contribution in [0.4, 0.5) is 27.6 Å². The molecule has 4 rings (SSSR count). The molecule has 2 aliphatic heterocycles. The molecule has 2 aliphatic rings. The van der Waals surface area contributed by atoms with E-state index in [1.807, 2.05) is 9.80 Å². The third-order valence-corrected chi connectivity index (χ3v) is 7.58. The molecule has 0 radical (unpaired) electrons. The number of esters is 1. The third-order valence-electron chi connectivity index (χ3n) is 7.58. The molecule has 0 aliphatic carbocycles. The Morgan fingerprint density at radius 1 is 1.02 bits per heavy atom. The van der Waals surface area contributed by atoms with E-state index >= 15 is 0 Å². The maximum absolute atomic E-state index is 12.9. The van der Waals surface area contributed by atoms with Crippen LogP contribution in [0.2, 0.25) is 0 Å². The number of anilines is 1. The molecule has 2 fully saturated rings. The lowest BCUT2D eigenvalue weighted by Gasteiger charge is -2.31. The smallest absolute Gasteiger partial charge is 0.416 e. The molecule has 13 heteroatoms. The average Bonchev–Trinajstić information content (AvgIpc) is 3.37. The third kappa shape index (κ3) is 8.78. The number of hydrogen-bond donors (Lipinski definition) is 1. The summed E-state index contributed by atoms with van der Waals surface area (Å²) < 4.78 is 79.3. The highest BCUT2D eigenvalue weighted by Gasteiger charge is 2.35. The Labute approximate surface area is 240 Å². The number of alkyl halides is 5. The molecule has 0 unspecified atom stereocenters. The van der Waals surface area contributed by atoms with Crippen molar-refractivity contribution in [2.24, 2.45) is 5.92 Å². The van der Waals surface area contributed by atoms with Crippen LogP contribution in [-0.4, -0.2) is 82.0 Å². The Morgan fingerprint density at radius 3 is 2.29 bits per heavy atom. The first kappa shape index (κ1) is 31.5. The van der Waals surface area contributed by atoms with Gasteiger partial charge in [-0.3, -0.25) is 14.5 Å². The quantitative estimate of drug-likeness (QED) is 0.299. The van der Waals surface area contributed by atoms with E-state index in [0.29, 0.717) is 36.7 Å². The van der Waals surface area contributed by atoms with Crippen LogP contribution >= 0.6 is 0 Å². The molecule has 0 saturated carbocycles. The summed E-state index contributed by atoms with van der Waals surface area (Å²) in [6, 6.07) is 10.6. The monoisotopic (exact) mass is 599 g/mol. The highest BCUT2D eigenvalue weighted by Crippen LogP contribution is 2.32. The fourth-order valence-electron chi connectivity index (χ4n) is 5.27. The van der Waals surface area contributed by atoms with Crippen molar-refractivity contribution in [3.63, 3.8) is 0 Å². The first-order chi connectivity index (χ1) is 20.0. The molecule has 0 aromatic heterocycles. The van der Waals surface area contributed by atoms with Gasteiger partial charge in [-0.25, -0.2) is 0 Å².